The molecule has 0 saturated heterocycles. The Morgan fingerprint density at radius 2 is 1.90 bits per heavy atom. The zero-order chi connectivity index (χ0) is 20.9. The van der Waals surface area contributed by atoms with Crippen LogP contribution in [0.1, 0.15) is 72.8 Å². The molecule has 2 aliphatic rings. The number of rotatable bonds is 6. The molecule has 0 bridgehead atoms. The maximum atomic E-state index is 12.7. The molecule has 2 aliphatic carbocycles. The Morgan fingerprint density at radius 1 is 1.13 bits per heavy atom. The number of hydrogen-bond donors (Lipinski definition) is 0. The number of allylic oxidation sites excluding steroid dienone is 2. The van der Waals surface area contributed by atoms with Gasteiger partial charge in [0.05, 0.1) is 12.8 Å². The highest BCUT2D eigenvalue weighted by molar-refractivity contribution is 7.15. The molecule has 0 N–H and O–H groups in total. The van der Waals surface area contributed by atoms with Crippen molar-refractivity contribution in [2.45, 2.75) is 58.3 Å². The third-order valence-corrected chi connectivity index (χ3v) is 7.81. The second-order valence-corrected chi connectivity index (χ2v) is 9.92. The minimum Gasteiger partial charge on any atom is -0.465 e. The molecule has 0 aliphatic heterocycles. The maximum absolute atomic E-state index is 12.7. The SMILES string of the molecule is COC(=O)c1sc(C2=CCCCC2)cc1N(CC1CCC(C)CC1)c1ccccc1. The highest BCUT2D eigenvalue weighted by Crippen LogP contribution is 2.42. The number of para-hydroxylation sites is 1. The fourth-order valence-electron chi connectivity index (χ4n) is 4.76. The second kappa shape index (κ2) is 9.82. The van der Waals surface area contributed by atoms with E-state index >= 15 is 0 Å². The number of thiophene rings is 1. The van der Waals surface area contributed by atoms with E-state index in [2.05, 4.69) is 54.3 Å². The Morgan fingerprint density at radius 3 is 2.57 bits per heavy atom. The van der Waals surface area contributed by atoms with Crippen LogP contribution in [-0.2, 0) is 4.74 Å². The molecule has 0 spiro atoms. The minimum atomic E-state index is -0.226. The van der Waals surface area contributed by atoms with Crippen LogP contribution in [0.3, 0.4) is 0 Å². The van der Waals surface area contributed by atoms with E-state index in [1.54, 1.807) is 11.3 Å². The first-order valence-corrected chi connectivity index (χ1v) is 12.2. The third kappa shape index (κ3) is 4.80. The number of methoxy groups -OCH3 is 1. The predicted octanol–water partition coefficient (Wildman–Crippen LogP) is 7.46. The Hall–Kier alpha value is -2.07. The van der Waals surface area contributed by atoms with E-state index in [-0.39, 0.29) is 5.97 Å². The molecule has 1 fully saturated rings. The van der Waals surface area contributed by atoms with Crippen LogP contribution in [0.5, 0.6) is 0 Å². The first kappa shape index (κ1) is 21.2. The molecule has 0 amide bonds. The van der Waals surface area contributed by atoms with E-state index in [0.29, 0.717) is 5.92 Å². The van der Waals surface area contributed by atoms with Gasteiger partial charge in [-0.15, -0.1) is 11.3 Å². The van der Waals surface area contributed by atoms with E-state index in [9.17, 15) is 4.79 Å². The summed E-state index contributed by atoms with van der Waals surface area (Å²) in [6, 6.07) is 12.8. The van der Waals surface area contributed by atoms with Crippen LogP contribution in [0, 0.1) is 11.8 Å². The van der Waals surface area contributed by atoms with Gasteiger partial charge in [0.1, 0.15) is 4.88 Å². The van der Waals surface area contributed by atoms with Crippen molar-refractivity contribution in [1.82, 2.24) is 0 Å². The summed E-state index contributed by atoms with van der Waals surface area (Å²) in [5.74, 6) is 1.27. The van der Waals surface area contributed by atoms with Gasteiger partial charge in [0.15, 0.2) is 0 Å². The highest BCUT2D eigenvalue weighted by atomic mass is 32.1. The number of benzene rings is 1. The van der Waals surface area contributed by atoms with Gasteiger partial charge in [0.25, 0.3) is 0 Å². The van der Waals surface area contributed by atoms with E-state index < -0.39 is 0 Å². The normalized spacial score (nSPS) is 21.7. The Kier molecular flexibility index (Phi) is 6.93. The predicted molar refractivity (Wildman–Crippen MR) is 127 cm³/mol. The molecule has 3 nitrogen and oxygen atoms in total. The number of carbonyl (C=O) groups is 1. The van der Waals surface area contributed by atoms with Crippen LogP contribution in [0.25, 0.3) is 5.57 Å². The van der Waals surface area contributed by atoms with E-state index in [4.69, 9.17) is 4.74 Å². The first-order valence-electron chi connectivity index (χ1n) is 11.4. The minimum absolute atomic E-state index is 0.226. The molecule has 0 atom stereocenters. The average Bonchev–Trinajstić information content (AvgIpc) is 3.24. The number of ether oxygens (including phenoxy) is 1. The summed E-state index contributed by atoms with van der Waals surface area (Å²) in [6.45, 7) is 3.32. The molecular formula is C26H33NO2S. The van der Waals surface area contributed by atoms with Gasteiger partial charge in [-0.25, -0.2) is 4.79 Å². The highest BCUT2D eigenvalue weighted by Gasteiger charge is 2.27. The van der Waals surface area contributed by atoms with Crippen molar-refractivity contribution in [1.29, 1.82) is 0 Å². The van der Waals surface area contributed by atoms with Crippen molar-refractivity contribution in [3.05, 3.63) is 52.2 Å². The lowest BCUT2D eigenvalue weighted by Gasteiger charge is -2.33. The van der Waals surface area contributed by atoms with Gasteiger partial charge in [-0.2, -0.15) is 0 Å². The Bertz CT molecular complexity index is 878. The number of esters is 1. The van der Waals surface area contributed by atoms with Crippen molar-refractivity contribution in [3.63, 3.8) is 0 Å². The molecule has 4 heteroatoms. The molecule has 1 saturated carbocycles. The summed E-state index contributed by atoms with van der Waals surface area (Å²) in [5, 5.41) is 0. The Balaban J connectivity index is 1.72. The van der Waals surface area contributed by atoms with Crippen molar-refractivity contribution in [2.24, 2.45) is 11.8 Å². The molecule has 2 aromatic rings. The fourth-order valence-corrected chi connectivity index (χ4v) is 5.91. The topological polar surface area (TPSA) is 29.5 Å². The van der Waals surface area contributed by atoms with Gasteiger partial charge in [0, 0.05) is 17.1 Å². The lowest BCUT2D eigenvalue weighted by molar-refractivity contribution is 0.0607. The van der Waals surface area contributed by atoms with Crippen molar-refractivity contribution in [3.8, 4) is 0 Å². The number of nitrogens with zero attached hydrogens (tertiary/aromatic N) is 1. The van der Waals surface area contributed by atoms with Crippen molar-refractivity contribution < 1.29 is 9.53 Å². The summed E-state index contributed by atoms with van der Waals surface area (Å²) < 4.78 is 5.19. The van der Waals surface area contributed by atoms with Gasteiger partial charge < -0.3 is 9.64 Å². The van der Waals surface area contributed by atoms with Crippen LogP contribution in [0.2, 0.25) is 0 Å². The average molecular weight is 424 g/mol. The second-order valence-electron chi connectivity index (χ2n) is 8.86. The quantitative estimate of drug-likeness (QED) is 0.452. The van der Waals surface area contributed by atoms with Gasteiger partial charge in [0.2, 0.25) is 0 Å². The van der Waals surface area contributed by atoms with Crippen LogP contribution < -0.4 is 4.90 Å². The summed E-state index contributed by atoms with van der Waals surface area (Å²) in [7, 11) is 1.49. The standard InChI is InChI=1S/C26H33NO2S/c1-19-13-15-20(16-14-19)18-27(22-11-7-4-8-12-22)23-17-24(21-9-5-3-6-10-21)30-25(23)26(28)29-2/h4,7-9,11-12,17,19-20H,3,5-6,10,13-16,18H2,1-2H3. The number of hydrogen-bond acceptors (Lipinski definition) is 4. The van der Waals surface area contributed by atoms with Crippen LogP contribution in [0.4, 0.5) is 11.4 Å². The first-order chi connectivity index (χ1) is 14.7. The molecule has 1 heterocycles. The van der Waals surface area contributed by atoms with Crippen LogP contribution in [-0.4, -0.2) is 19.6 Å². The van der Waals surface area contributed by atoms with Crippen LogP contribution >= 0.6 is 11.3 Å². The molecule has 0 radical (unpaired) electrons. The molecule has 1 aromatic carbocycles. The van der Waals surface area contributed by atoms with Gasteiger partial charge in [-0.1, -0.05) is 44.0 Å². The lowest BCUT2D eigenvalue weighted by atomic mass is 9.82. The van der Waals surface area contributed by atoms with Gasteiger partial charge >= 0.3 is 5.97 Å². The smallest absolute Gasteiger partial charge is 0.350 e. The van der Waals surface area contributed by atoms with Gasteiger partial charge in [-0.05, 0) is 74.1 Å². The summed E-state index contributed by atoms with van der Waals surface area (Å²) in [5.41, 5.74) is 3.56. The Labute approximate surface area is 184 Å². The van der Waals surface area contributed by atoms with Crippen molar-refractivity contribution >= 4 is 34.3 Å². The summed E-state index contributed by atoms with van der Waals surface area (Å²) >= 11 is 1.60. The molecular weight excluding hydrogens is 390 g/mol. The van der Waals surface area contributed by atoms with Gasteiger partial charge in [-0.3, -0.25) is 0 Å². The monoisotopic (exact) mass is 423 g/mol. The summed E-state index contributed by atoms with van der Waals surface area (Å²) in [4.78, 5) is 17.1. The number of anilines is 2. The molecule has 30 heavy (non-hydrogen) atoms. The fraction of sp³-hybridized carbons (Fsp3) is 0.500. The van der Waals surface area contributed by atoms with E-state index in [0.717, 1.165) is 41.6 Å². The zero-order valence-electron chi connectivity index (χ0n) is 18.2. The maximum Gasteiger partial charge on any atom is 0.350 e. The number of carbonyl (C=O) groups excluding carboxylic acids is 1. The lowest BCUT2D eigenvalue weighted by Crippen LogP contribution is -2.28. The van der Waals surface area contributed by atoms with Crippen molar-refractivity contribution in [2.75, 3.05) is 18.6 Å². The molecule has 160 valence electrons. The third-order valence-electron chi connectivity index (χ3n) is 6.63. The summed E-state index contributed by atoms with van der Waals surface area (Å²) in [6.07, 6.45) is 12.2. The largest absolute Gasteiger partial charge is 0.465 e. The molecule has 1 aromatic heterocycles. The zero-order valence-corrected chi connectivity index (χ0v) is 19.0. The van der Waals surface area contributed by atoms with Crippen LogP contribution in [0.15, 0.2) is 42.5 Å². The molecule has 0 unspecified atom stereocenters. The van der Waals surface area contributed by atoms with E-state index in [1.807, 2.05) is 0 Å². The van der Waals surface area contributed by atoms with E-state index in [1.165, 1.54) is 56.1 Å². The molecule has 4 rings (SSSR count).